The summed E-state index contributed by atoms with van der Waals surface area (Å²) in [5.41, 5.74) is 0.870. The highest BCUT2D eigenvalue weighted by molar-refractivity contribution is 7.13. The van der Waals surface area contributed by atoms with E-state index >= 15 is 0 Å². The molecule has 0 aliphatic heterocycles. The largest absolute Gasteiger partial charge is 0.472 e. The van der Waals surface area contributed by atoms with E-state index in [1.807, 2.05) is 13.8 Å². The smallest absolute Gasteiger partial charge is 0.245 e. The minimum absolute atomic E-state index is 0.118. The number of nitrogens with one attached hydrogen (secondary N) is 1. The van der Waals surface area contributed by atoms with Crippen LogP contribution in [0.15, 0.2) is 28.4 Å². The fourth-order valence-electron chi connectivity index (χ4n) is 1.70. The standard InChI is InChI=1S/C15H15N3O3S/c1-9(2)6-17-14(20)11(5-16)13(19)12-8-22-15(18-12)10-3-4-21-7-10/h3-4,7-9,11H,6H2,1-2H3,(H,17,20)/t11-/m1/s1. The van der Waals surface area contributed by atoms with Gasteiger partial charge in [0, 0.05) is 17.5 Å². The van der Waals surface area contributed by atoms with Crippen LogP contribution >= 0.6 is 11.3 Å². The van der Waals surface area contributed by atoms with Gasteiger partial charge in [0.25, 0.3) is 0 Å². The molecule has 2 heterocycles. The van der Waals surface area contributed by atoms with Crippen molar-refractivity contribution in [1.82, 2.24) is 10.3 Å². The van der Waals surface area contributed by atoms with Crippen LogP contribution in [0.5, 0.6) is 0 Å². The topological polar surface area (TPSA) is 96.0 Å². The Morgan fingerprint density at radius 3 is 2.86 bits per heavy atom. The Morgan fingerprint density at radius 1 is 1.50 bits per heavy atom. The van der Waals surface area contributed by atoms with Crippen LogP contribution in [-0.2, 0) is 4.79 Å². The van der Waals surface area contributed by atoms with E-state index in [0.29, 0.717) is 11.6 Å². The van der Waals surface area contributed by atoms with Crippen molar-refractivity contribution in [3.63, 3.8) is 0 Å². The van der Waals surface area contributed by atoms with Crippen LogP contribution in [0, 0.1) is 23.2 Å². The van der Waals surface area contributed by atoms with Gasteiger partial charge in [-0.1, -0.05) is 13.8 Å². The zero-order chi connectivity index (χ0) is 16.1. The minimum atomic E-state index is -1.38. The van der Waals surface area contributed by atoms with Crippen LogP contribution in [-0.4, -0.2) is 23.2 Å². The van der Waals surface area contributed by atoms with Crippen molar-refractivity contribution >= 4 is 23.0 Å². The number of aromatic nitrogens is 1. The Labute approximate surface area is 131 Å². The van der Waals surface area contributed by atoms with Gasteiger partial charge >= 0.3 is 0 Å². The SMILES string of the molecule is CC(C)CNC(=O)[C@H](C#N)C(=O)c1csc(-c2ccoc2)n1. The monoisotopic (exact) mass is 317 g/mol. The Bertz CT molecular complexity index is 698. The summed E-state index contributed by atoms with van der Waals surface area (Å²) in [5, 5.41) is 13.9. The summed E-state index contributed by atoms with van der Waals surface area (Å²) in [7, 11) is 0. The van der Waals surface area contributed by atoms with Crippen LogP contribution in [0.2, 0.25) is 0 Å². The number of nitriles is 1. The zero-order valence-electron chi connectivity index (χ0n) is 12.2. The summed E-state index contributed by atoms with van der Waals surface area (Å²) in [6.45, 7) is 4.28. The number of hydrogen-bond acceptors (Lipinski definition) is 6. The highest BCUT2D eigenvalue weighted by Gasteiger charge is 2.29. The molecule has 1 N–H and O–H groups in total. The fraction of sp³-hybridized carbons (Fsp3) is 0.333. The predicted molar refractivity (Wildman–Crippen MR) is 81.1 cm³/mol. The first-order chi connectivity index (χ1) is 10.5. The molecule has 0 saturated heterocycles. The Morgan fingerprint density at radius 2 is 2.27 bits per heavy atom. The highest BCUT2D eigenvalue weighted by atomic mass is 32.1. The maximum absolute atomic E-state index is 12.3. The summed E-state index contributed by atoms with van der Waals surface area (Å²) in [5.74, 6) is -2.31. The average Bonchev–Trinajstić information content (AvgIpc) is 3.16. The Balaban J connectivity index is 2.12. The van der Waals surface area contributed by atoms with E-state index in [-0.39, 0.29) is 11.6 Å². The van der Waals surface area contributed by atoms with Gasteiger partial charge in [0.15, 0.2) is 5.92 Å². The molecule has 2 aromatic rings. The highest BCUT2D eigenvalue weighted by Crippen LogP contribution is 2.25. The molecule has 0 unspecified atom stereocenters. The number of Topliss-reactive ketones (excluding diaryl/α,β-unsaturated/α-hetero) is 1. The maximum Gasteiger partial charge on any atom is 0.245 e. The molecule has 114 valence electrons. The van der Waals surface area contributed by atoms with Gasteiger partial charge in [-0.3, -0.25) is 9.59 Å². The molecule has 6 nitrogen and oxygen atoms in total. The molecule has 7 heteroatoms. The number of furan rings is 1. The third-order valence-electron chi connectivity index (χ3n) is 2.86. The number of thiazole rings is 1. The minimum Gasteiger partial charge on any atom is -0.472 e. The second-order valence-electron chi connectivity index (χ2n) is 5.12. The molecule has 0 aliphatic rings. The molecule has 0 radical (unpaired) electrons. The van der Waals surface area contributed by atoms with Gasteiger partial charge < -0.3 is 9.73 Å². The summed E-state index contributed by atoms with van der Waals surface area (Å²) >= 11 is 1.26. The molecule has 0 bridgehead atoms. The van der Waals surface area contributed by atoms with Gasteiger partial charge in [-0.05, 0) is 12.0 Å². The molecule has 2 aromatic heterocycles. The van der Waals surface area contributed by atoms with Gasteiger partial charge in [-0.25, -0.2) is 4.98 Å². The van der Waals surface area contributed by atoms with Gasteiger partial charge in [0.2, 0.25) is 11.7 Å². The van der Waals surface area contributed by atoms with Crippen LogP contribution in [0.3, 0.4) is 0 Å². The van der Waals surface area contributed by atoms with E-state index in [2.05, 4.69) is 10.3 Å². The first-order valence-corrected chi connectivity index (χ1v) is 7.60. The summed E-state index contributed by atoms with van der Waals surface area (Å²) in [6, 6.07) is 3.48. The molecule has 2 rings (SSSR count). The molecular formula is C15H15N3O3S. The lowest BCUT2D eigenvalue weighted by molar-refractivity contribution is -0.122. The van der Waals surface area contributed by atoms with E-state index < -0.39 is 17.6 Å². The van der Waals surface area contributed by atoms with Gasteiger partial charge in [0.05, 0.1) is 12.3 Å². The van der Waals surface area contributed by atoms with E-state index in [0.717, 1.165) is 5.56 Å². The molecule has 0 aromatic carbocycles. The number of amides is 1. The molecule has 1 amide bonds. The van der Waals surface area contributed by atoms with Crippen molar-refractivity contribution in [2.75, 3.05) is 6.54 Å². The van der Waals surface area contributed by atoms with Gasteiger partial charge in [-0.2, -0.15) is 5.26 Å². The molecule has 0 saturated carbocycles. The predicted octanol–water partition coefficient (Wildman–Crippen LogP) is 2.50. The molecule has 0 fully saturated rings. The molecular weight excluding hydrogens is 302 g/mol. The van der Waals surface area contributed by atoms with E-state index in [1.165, 1.54) is 23.9 Å². The third-order valence-corrected chi connectivity index (χ3v) is 3.75. The molecule has 1 atom stereocenters. The Hall–Kier alpha value is -2.46. The van der Waals surface area contributed by atoms with E-state index in [4.69, 9.17) is 9.68 Å². The number of rotatable bonds is 6. The normalized spacial score (nSPS) is 11.9. The number of carbonyl (C=O) groups excluding carboxylic acids is 2. The van der Waals surface area contributed by atoms with E-state index in [9.17, 15) is 9.59 Å². The second-order valence-corrected chi connectivity index (χ2v) is 5.97. The van der Waals surface area contributed by atoms with Crippen molar-refractivity contribution in [1.29, 1.82) is 5.26 Å². The molecule has 22 heavy (non-hydrogen) atoms. The number of ketones is 1. The second kappa shape index (κ2) is 7.00. The third kappa shape index (κ3) is 3.59. The van der Waals surface area contributed by atoms with Crippen molar-refractivity contribution in [2.45, 2.75) is 13.8 Å². The summed E-state index contributed by atoms with van der Waals surface area (Å²) in [6.07, 6.45) is 3.03. The fourth-order valence-corrected chi connectivity index (χ4v) is 2.49. The van der Waals surface area contributed by atoms with Crippen LogP contribution in [0.4, 0.5) is 0 Å². The number of nitrogens with zero attached hydrogens (tertiary/aromatic N) is 2. The van der Waals surface area contributed by atoms with Gasteiger partial charge in [0.1, 0.15) is 17.0 Å². The average molecular weight is 317 g/mol. The lowest BCUT2D eigenvalue weighted by Crippen LogP contribution is -2.36. The molecule has 0 spiro atoms. The lowest BCUT2D eigenvalue weighted by Gasteiger charge is -2.10. The first-order valence-electron chi connectivity index (χ1n) is 6.72. The summed E-state index contributed by atoms with van der Waals surface area (Å²) < 4.78 is 4.97. The van der Waals surface area contributed by atoms with Gasteiger partial charge in [-0.15, -0.1) is 11.3 Å². The van der Waals surface area contributed by atoms with Crippen molar-refractivity contribution in [3.05, 3.63) is 29.7 Å². The summed E-state index contributed by atoms with van der Waals surface area (Å²) in [4.78, 5) is 28.4. The molecule has 0 aliphatic carbocycles. The Kier molecular flexibility index (Phi) is 5.07. The first kappa shape index (κ1) is 15.9. The van der Waals surface area contributed by atoms with Crippen LogP contribution in [0.1, 0.15) is 24.3 Å². The number of hydrogen-bond donors (Lipinski definition) is 1. The van der Waals surface area contributed by atoms with Crippen molar-refractivity contribution in [2.24, 2.45) is 11.8 Å². The van der Waals surface area contributed by atoms with Crippen molar-refractivity contribution in [3.8, 4) is 16.6 Å². The maximum atomic E-state index is 12.3. The quantitative estimate of drug-likeness (QED) is 0.652. The van der Waals surface area contributed by atoms with Crippen LogP contribution < -0.4 is 5.32 Å². The van der Waals surface area contributed by atoms with Crippen molar-refractivity contribution < 1.29 is 14.0 Å². The van der Waals surface area contributed by atoms with E-state index in [1.54, 1.807) is 17.5 Å². The number of carbonyl (C=O) groups is 2. The van der Waals surface area contributed by atoms with Crippen LogP contribution in [0.25, 0.3) is 10.6 Å². The zero-order valence-corrected chi connectivity index (χ0v) is 13.0. The lowest BCUT2D eigenvalue weighted by atomic mass is 10.0.